The van der Waals surface area contributed by atoms with E-state index in [1.54, 1.807) is 6.07 Å². The van der Waals surface area contributed by atoms with E-state index in [1.165, 1.54) is 12.3 Å². The average Bonchev–Trinajstić information content (AvgIpc) is 2.45. The zero-order chi connectivity index (χ0) is 14.7. The summed E-state index contributed by atoms with van der Waals surface area (Å²) >= 11 is 0. The predicted octanol–water partition coefficient (Wildman–Crippen LogP) is 3.11. The lowest BCUT2D eigenvalue weighted by molar-refractivity contribution is -0.383. The van der Waals surface area contributed by atoms with Gasteiger partial charge in [-0.1, -0.05) is 12.8 Å². The van der Waals surface area contributed by atoms with Gasteiger partial charge >= 0.3 is 0 Å². The number of non-ortho nitro benzene ring substituents is 1. The molecule has 1 aromatic carbocycles. The number of aromatic nitrogens is 1. The lowest BCUT2D eigenvalue weighted by atomic mass is 10.1. The van der Waals surface area contributed by atoms with Gasteiger partial charge in [-0.15, -0.1) is 6.42 Å². The molecule has 0 aliphatic rings. The van der Waals surface area contributed by atoms with Crippen LogP contribution in [0.3, 0.4) is 0 Å². The Morgan fingerprint density at radius 2 is 2.40 bits per heavy atom. The molecule has 6 heteroatoms. The highest BCUT2D eigenvalue weighted by atomic mass is 19.1. The second-order valence-electron chi connectivity index (χ2n) is 4.18. The molecular formula is C14H12FN3O2. The monoisotopic (exact) mass is 273 g/mol. The lowest BCUT2D eigenvalue weighted by Crippen LogP contribution is -2.17. The van der Waals surface area contributed by atoms with Crippen LogP contribution in [-0.2, 0) is 0 Å². The molecule has 1 atom stereocenters. The summed E-state index contributed by atoms with van der Waals surface area (Å²) in [6.07, 6.45) is 7.39. The Labute approximate surface area is 115 Å². The van der Waals surface area contributed by atoms with Crippen molar-refractivity contribution in [3.05, 3.63) is 40.3 Å². The van der Waals surface area contributed by atoms with Crippen LogP contribution in [0.2, 0.25) is 0 Å². The number of terminal acetylenes is 1. The topological polar surface area (TPSA) is 68.1 Å². The van der Waals surface area contributed by atoms with Crippen LogP contribution in [0, 0.1) is 28.3 Å². The molecule has 0 saturated heterocycles. The fourth-order valence-electron chi connectivity index (χ4n) is 1.92. The summed E-state index contributed by atoms with van der Waals surface area (Å²) in [5.74, 6) is 1.75. The minimum absolute atomic E-state index is 0.0935. The van der Waals surface area contributed by atoms with Gasteiger partial charge in [0.25, 0.3) is 5.69 Å². The Bertz CT molecular complexity index is 709. The molecule has 2 rings (SSSR count). The minimum Gasteiger partial charge on any atom is -0.367 e. The van der Waals surface area contributed by atoms with E-state index in [2.05, 4.69) is 16.2 Å². The summed E-state index contributed by atoms with van der Waals surface area (Å²) in [6.45, 7) is 1.86. The summed E-state index contributed by atoms with van der Waals surface area (Å²) < 4.78 is 14.1. The average molecular weight is 273 g/mol. The number of halogens is 1. The van der Waals surface area contributed by atoms with Gasteiger partial charge in [0.05, 0.1) is 28.1 Å². The number of nitro groups is 1. The van der Waals surface area contributed by atoms with Crippen molar-refractivity contribution in [2.45, 2.75) is 19.4 Å². The number of hydrogen-bond donors (Lipinski definition) is 1. The number of anilines is 1. The minimum atomic E-state index is -0.739. The smallest absolute Gasteiger partial charge is 0.281 e. The van der Waals surface area contributed by atoms with Crippen molar-refractivity contribution in [1.29, 1.82) is 0 Å². The number of hydrogen-bond acceptors (Lipinski definition) is 4. The number of nitrogens with one attached hydrogen (secondary N) is 1. The van der Waals surface area contributed by atoms with Crippen molar-refractivity contribution >= 4 is 22.3 Å². The van der Waals surface area contributed by atoms with E-state index >= 15 is 0 Å². The molecule has 2 aromatic rings. The first-order valence-corrected chi connectivity index (χ1v) is 6.02. The Morgan fingerprint density at radius 1 is 1.65 bits per heavy atom. The van der Waals surface area contributed by atoms with Gasteiger partial charge in [-0.3, -0.25) is 15.1 Å². The van der Waals surface area contributed by atoms with Crippen molar-refractivity contribution in [3.8, 4) is 12.3 Å². The molecule has 0 radical (unpaired) electrons. The van der Waals surface area contributed by atoms with Gasteiger partial charge in [-0.05, 0) is 18.6 Å². The summed E-state index contributed by atoms with van der Waals surface area (Å²) in [6, 6.07) is 3.61. The van der Waals surface area contributed by atoms with Crippen LogP contribution in [0.15, 0.2) is 24.4 Å². The Hall–Kier alpha value is -2.68. The normalized spacial score (nSPS) is 11.8. The molecule has 5 nitrogen and oxygen atoms in total. The van der Waals surface area contributed by atoms with Crippen LogP contribution in [0.25, 0.3) is 10.9 Å². The van der Waals surface area contributed by atoms with Crippen LogP contribution in [0.4, 0.5) is 15.8 Å². The highest BCUT2D eigenvalue weighted by molar-refractivity contribution is 5.97. The first-order valence-electron chi connectivity index (χ1n) is 6.02. The molecule has 1 unspecified atom stereocenters. The van der Waals surface area contributed by atoms with Crippen LogP contribution in [-0.4, -0.2) is 15.9 Å². The number of pyridine rings is 1. The zero-order valence-electron chi connectivity index (χ0n) is 10.8. The van der Waals surface area contributed by atoms with Gasteiger partial charge in [0.1, 0.15) is 5.52 Å². The quantitative estimate of drug-likeness (QED) is 0.528. The summed E-state index contributed by atoms with van der Waals surface area (Å²) in [5, 5.41) is 14.1. The van der Waals surface area contributed by atoms with Crippen molar-refractivity contribution in [2.75, 3.05) is 5.32 Å². The molecule has 1 heterocycles. The number of benzene rings is 1. The number of rotatable bonds is 4. The molecule has 0 aliphatic heterocycles. The van der Waals surface area contributed by atoms with Crippen LogP contribution < -0.4 is 5.32 Å². The van der Waals surface area contributed by atoms with Crippen molar-refractivity contribution in [3.63, 3.8) is 0 Å². The highest BCUT2D eigenvalue weighted by Crippen LogP contribution is 2.33. The lowest BCUT2D eigenvalue weighted by Gasteiger charge is -2.14. The number of nitrogens with zero attached hydrogens (tertiary/aromatic N) is 2. The Balaban J connectivity index is 2.67. The zero-order valence-corrected chi connectivity index (χ0v) is 10.8. The maximum absolute atomic E-state index is 14.1. The predicted molar refractivity (Wildman–Crippen MR) is 74.9 cm³/mol. The molecule has 0 amide bonds. The first-order chi connectivity index (χ1) is 9.58. The molecule has 1 aromatic heterocycles. The molecule has 20 heavy (non-hydrogen) atoms. The second kappa shape index (κ2) is 5.53. The summed E-state index contributed by atoms with van der Waals surface area (Å²) in [7, 11) is 0. The number of fused-ring (bicyclic) bond motifs is 1. The Morgan fingerprint density at radius 3 is 3.00 bits per heavy atom. The largest absolute Gasteiger partial charge is 0.367 e. The van der Waals surface area contributed by atoms with Crippen LogP contribution >= 0.6 is 0 Å². The molecule has 102 valence electrons. The SMILES string of the molecule is C#CC(CC)Nc1c(F)cc([N+](=O)[O-])c2cccnc12. The molecule has 0 aliphatic carbocycles. The van der Waals surface area contributed by atoms with Crippen LogP contribution in [0.1, 0.15) is 13.3 Å². The number of nitro benzene ring substituents is 1. The molecule has 0 bridgehead atoms. The van der Waals surface area contributed by atoms with E-state index in [4.69, 9.17) is 6.42 Å². The summed E-state index contributed by atoms with van der Waals surface area (Å²) in [4.78, 5) is 14.4. The van der Waals surface area contributed by atoms with E-state index in [0.29, 0.717) is 6.42 Å². The fraction of sp³-hybridized carbons (Fsp3) is 0.214. The van der Waals surface area contributed by atoms with Gasteiger partial charge in [-0.25, -0.2) is 4.39 Å². The molecule has 1 N–H and O–H groups in total. The molecule has 0 saturated carbocycles. The highest BCUT2D eigenvalue weighted by Gasteiger charge is 2.20. The van der Waals surface area contributed by atoms with Crippen LogP contribution in [0.5, 0.6) is 0 Å². The Kier molecular flexibility index (Phi) is 3.80. The summed E-state index contributed by atoms with van der Waals surface area (Å²) in [5.41, 5.74) is -0.0196. The molecule has 0 fully saturated rings. The maximum Gasteiger partial charge on any atom is 0.281 e. The first kappa shape index (κ1) is 13.7. The molecular weight excluding hydrogens is 261 g/mol. The van der Waals surface area contributed by atoms with Gasteiger partial charge in [-0.2, -0.15) is 0 Å². The second-order valence-corrected chi connectivity index (χ2v) is 4.18. The third-order valence-electron chi connectivity index (χ3n) is 2.95. The third-order valence-corrected chi connectivity index (χ3v) is 2.95. The van der Waals surface area contributed by atoms with E-state index < -0.39 is 10.7 Å². The van der Waals surface area contributed by atoms with E-state index in [0.717, 1.165) is 6.07 Å². The van der Waals surface area contributed by atoms with Gasteiger partial charge in [0, 0.05) is 6.20 Å². The van der Waals surface area contributed by atoms with E-state index in [-0.39, 0.29) is 28.3 Å². The van der Waals surface area contributed by atoms with Gasteiger partial charge in [0.2, 0.25) is 0 Å². The fourth-order valence-corrected chi connectivity index (χ4v) is 1.92. The van der Waals surface area contributed by atoms with Crippen molar-refractivity contribution in [1.82, 2.24) is 4.98 Å². The molecule has 0 spiro atoms. The van der Waals surface area contributed by atoms with E-state index in [1.807, 2.05) is 6.92 Å². The van der Waals surface area contributed by atoms with Gasteiger partial charge < -0.3 is 5.32 Å². The standard InChI is InChI=1S/C14H12FN3O2/c1-3-9(4-2)17-14-11(15)8-12(18(19)20)10-6-5-7-16-13(10)14/h1,5-9,17H,4H2,2H3. The van der Waals surface area contributed by atoms with E-state index in [9.17, 15) is 14.5 Å². The third kappa shape index (κ3) is 2.38. The van der Waals surface area contributed by atoms with Crippen molar-refractivity contribution < 1.29 is 9.31 Å². The maximum atomic E-state index is 14.1. The van der Waals surface area contributed by atoms with Crippen molar-refractivity contribution in [2.24, 2.45) is 0 Å². The van der Waals surface area contributed by atoms with Gasteiger partial charge in [0.15, 0.2) is 5.82 Å².